The summed E-state index contributed by atoms with van der Waals surface area (Å²) in [6, 6.07) is 8.02. The highest BCUT2D eigenvalue weighted by Gasteiger charge is 2.48. The SMILES string of the molecule is O=C(O)[C@@H]1C[C@H]1C1COc2ccccc2C1. The maximum atomic E-state index is 10.8. The zero-order chi connectivity index (χ0) is 11.1. The first kappa shape index (κ1) is 9.70. The number of carboxylic acids is 1. The topological polar surface area (TPSA) is 46.5 Å². The second-order valence-corrected chi connectivity index (χ2v) is 4.73. The Bertz CT molecular complexity index is 427. The monoisotopic (exact) mass is 218 g/mol. The van der Waals surface area contributed by atoms with Gasteiger partial charge in [-0.3, -0.25) is 4.79 Å². The molecule has 1 aromatic carbocycles. The average molecular weight is 218 g/mol. The van der Waals surface area contributed by atoms with Gasteiger partial charge in [0.25, 0.3) is 0 Å². The van der Waals surface area contributed by atoms with Crippen molar-refractivity contribution in [1.29, 1.82) is 0 Å². The van der Waals surface area contributed by atoms with Crippen LogP contribution in [-0.4, -0.2) is 17.7 Å². The lowest BCUT2D eigenvalue weighted by atomic mass is 9.92. The highest BCUT2D eigenvalue weighted by molar-refractivity contribution is 5.73. The minimum atomic E-state index is -0.649. The third-order valence-electron chi connectivity index (χ3n) is 3.67. The van der Waals surface area contributed by atoms with Crippen LogP contribution in [0.2, 0.25) is 0 Å². The molecule has 0 bridgehead atoms. The van der Waals surface area contributed by atoms with Crippen LogP contribution in [0.15, 0.2) is 24.3 Å². The minimum absolute atomic E-state index is 0.126. The molecule has 84 valence electrons. The molecule has 16 heavy (non-hydrogen) atoms. The van der Waals surface area contributed by atoms with Gasteiger partial charge >= 0.3 is 5.97 Å². The fourth-order valence-electron chi connectivity index (χ4n) is 2.65. The summed E-state index contributed by atoms with van der Waals surface area (Å²) in [5.74, 6) is 0.899. The Morgan fingerprint density at radius 2 is 2.19 bits per heavy atom. The minimum Gasteiger partial charge on any atom is -0.493 e. The normalized spacial score (nSPS) is 31.4. The summed E-state index contributed by atoms with van der Waals surface area (Å²) in [6.45, 7) is 0.672. The third-order valence-corrected chi connectivity index (χ3v) is 3.67. The van der Waals surface area contributed by atoms with Crippen LogP contribution in [0.4, 0.5) is 0 Å². The molecule has 3 rings (SSSR count). The molecule has 3 heteroatoms. The number of para-hydroxylation sites is 1. The van der Waals surface area contributed by atoms with Crippen LogP contribution in [0.1, 0.15) is 12.0 Å². The number of aliphatic carboxylic acids is 1. The van der Waals surface area contributed by atoms with E-state index in [1.54, 1.807) is 0 Å². The van der Waals surface area contributed by atoms with Crippen molar-refractivity contribution in [3.05, 3.63) is 29.8 Å². The molecule has 0 saturated heterocycles. The highest BCUT2D eigenvalue weighted by atomic mass is 16.5. The molecule has 2 aliphatic rings. The molecule has 1 N–H and O–H groups in total. The first-order chi connectivity index (χ1) is 7.75. The van der Waals surface area contributed by atoms with Crippen LogP contribution >= 0.6 is 0 Å². The van der Waals surface area contributed by atoms with Gasteiger partial charge in [-0.1, -0.05) is 18.2 Å². The van der Waals surface area contributed by atoms with E-state index in [1.165, 1.54) is 5.56 Å². The molecule has 1 aromatic rings. The Kier molecular flexibility index (Phi) is 2.13. The lowest BCUT2D eigenvalue weighted by Gasteiger charge is -2.25. The van der Waals surface area contributed by atoms with E-state index in [4.69, 9.17) is 9.84 Å². The van der Waals surface area contributed by atoms with Crippen LogP contribution in [0.25, 0.3) is 0 Å². The van der Waals surface area contributed by atoms with Crippen molar-refractivity contribution in [3.63, 3.8) is 0 Å². The summed E-state index contributed by atoms with van der Waals surface area (Å²) in [5, 5.41) is 8.91. The number of hydrogen-bond acceptors (Lipinski definition) is 2. The summed E-state index contributed by atoms with van der Waals surface area (Å²) < 4.78 is 5.67. The lowest BCUT2D eigenvalue weighted by molar-refractivity contribution is -0.139. The van der Waals surface area contributed by atoms with E-state index < -0.39 is 5.97 Å². The third kappa shape index (κ3) is 1.56. The Morgan fingerprint density at radius 3 is 2.94 bits per heavy atom. The predicted molar refractivity (Wildman–Crippen MR) is 58.4 cm³/mol. The molecule has 1 saturated carbocycles. The Morgan fingerprint density at radius 1 is 1.38 bits per heavy atom. The van der Waals surface area contributed by atoms with Gasteiger partial charge in [-0.25, -0.2) is 0 Å². The molecule has 1 heterocycles. The van der Waals surface area contributed by atoms with E-state index in [-0.39, 0.29) is 5.92 Å². The van der Waals surface area contributed by atoms with Gasteiger partial charge in [-0.15, -0.1) is 0 Å². The van der Waals surface area contributed by atoms with Gasteiger partial charge in [0.05, 0.1) is 12.5 Å². The van der Waals surface area contributed by atoms with Crippen molar-refractivity contribution in [2.24, 2.45) is 17.8 Å². The van der Waals surface area contributed by atoms with Crippen molar-refractivity contribution in [2.45, 2.75) is 12.8 Å². The van der Waals surface area contributed by atoms with Crippen LogP contribution in [-0.2, 0) is 11.2 Å². The van der Waals surface area contributed by atoms with Crippen molar-refractivity contribution in [1.82, 2.24) is 0 Å². The van der Waals surface area contributed by atoms with Crippen molar-refractivity contribution in [2.75, 3.05) is 6.61 Å². The van der Waals surface area contributed by atoms with E-state index in [0.29, 0.717) is 18.4 Å². The van der Waals surface area contributed by atoms with E-state index in [1.807, 2.05) is 18.2 Å². The summed E-state index contributed by atoms with van der Waals surface area (Å²) in [6.07, 6.45) is 1.79. The quantitative estimate of drug-likeness (QED) is 0.825. The predicted octanol–water partition coefficient (Wildman–Crippen LogP) is 1.96. The van der Waals surface area contributed by atoms with E-state index in [9.17, 15) is 4.79 Å². The molecule has 3 nitrogen and oxygen atoms in total. The molecule has 1 fully saturated rings. The standard InChI is InChI=1S/C13H14O3/c14-13(15)11-6-10(11)9-5-8-3-1-2-4-12(8)16-7-9/h1-4,9-11H,5-7H2,(H,14,15)/t9?,10-,11+/m0/s1. The van der Waals surface area contributed by atoms with Gasteiger partial charge in [0.1, 0.15) is 5.75 Å². The molecule has 0 radical (unpaired) electrons. The van der Waals surface area contributed by atoms with Gasteiger partial charge in [0, 0.05) is 5.92 Å². The number of benzene rings is 1. The summed E-state index contributed by atoms with van der Waals surface area (Å²) >= 11 is 0. The molecule has 0 spiro atoms. The fourth-order valence-corrected chi connectivity index (χ4v) is 2.65. The fraction of sp³-hybridized carbons (Fsp3) is 0.462. The number of carbonyl (C=O) groups is 1. The Labute approximate surface area is 94.0 Å². The van der Waals surface area contributed by atoms with Gasteiger partial charge in [0.2, 0.25) is 0 Å². The summed E-state index contributed by atoms with van der Waals surface area (Å²) in [5.41, 5.74) is 1.22. The Hall–Kier alpha value is -1.51. The summed E-state index contributed by atoms with van der Waals surface area (Å²) in [7, 11) is 0. The van der Waals surface area contributed by atoms with Crippen LogP contribution < -0.4 is 4.74 Å². The zero-order valence-electron chi connectivity index (χ0n) is 8.93. The van der Waals surface area contributed by atoms with E-state index in [2.05, 4.69) is 6.07 Å². The Balaban J connectivity index is 1.72. The molecular formula is C13H14O3. The van der Waals surface area contributed by atoms with Crippen LogP contribution in [0.3, 0.4) is 0 Å². The van der Waals surface area contributed by atoms with Crippen molar-refractivity contribution < 1.29 is 14.6 Å². The van der Waals surface area contributed by atoms with Crippen molar-refractivity contribution in [3.8, 4) is 5.75 Å². The molecule has 1 aliphatic carbocycles. The number of hydrogen-bond donors (Lipinski definition) is 1. The molecule has 1 unspecified atom stereocenters. The van der Waals surface area contributed by atoms with Crippen molar-refractivity contribution >= 4 is 5.97 Å². The van der Waals surface area contributed by atoms with Gasteiger partial charge in [-0.05, 0) is 30.4 Å². The molecule has 3 atom stereocenters. The van der Waals surface area contributed by atoms with Gasteiger partial charge in [-0.2, -0.15) is 0 Å². The van der Waals surface area contributed by atoms with Crippen LogP contribution in [0, 0.1) is 17.8 Å². The second kappa shape index (κ2) is 3.51. The molecule has 1 aliphatic heterocycles. The maximum absolute atomic E-state index is 10.8. The number of rotatable bonds is 2. The number of carboxylic acid groups (broad SMARTS) is 1. The second-order valence-electron chi connectivity index (χ2n) is 4.73. The first-order valence-corrected chi connectivity index (χ1v) is 5.69. The summed E-state index contributed by atoms with van der Waals surface area (Å²) in [4.78, 5) is 10.8. The van der Waals surface area contributed by atoms with Gasteiger partial charge in [0.15, 0.2) is 0 Å². The zero-order valence-corrected chi connectivity index (χ0v) is 8.93. The number of fused-ring (bicyclic) bond motifs is 1. The molecule has 0 aromatic heterocycles. The molecular weight excluding hydrogens is 204 g/mol. The lowest BCUT2D eigenvalue weighted by Crippen LogP contribution is -2.23. The smallest absolute Gasteiger partial charge is 0.306 e. The van der Waals surface area contributed by atoms with E-state index >= 15 is 0 Å². The largest absolute Gasteiger partial charge is 0.493 e. The maximum Gasteiger partial charge on any atom is 0.306 e. The van der Waals surface area contributed by atoms with Gasteiger partial charge < -0.3 is 9.84 Å². The van der Waals surface area contributed by atoms with Crippen LogP contribution in [0.5, 0.6) is 5.75 Å². The number of ether oxygens (including phenoxy) is 1. The molecule has 0 amide bonds. The van der Waals surface area contributed by atoms with E-state index in [0.717, 1.165) is 18.6 Å². The first-order valence-electron chi connectivity index (χ1n) is 5.69. The average Bonchev–Trinajstić information content (AvgIpc) is 3.08. The highest BCUT2D eigenvalue weighted by Crippen LogP contribution is 2.47.